The summed E-state index contributed by atoms with van der Waals surface area (Å²) in [5.74, 6) is 0.113. The second kappa shape index (κ2) is 8.02. The van der Waals surface area contributed by atoms with Gasteiger partial charge in [0, 0.05) is 11.9 Å². The monoisotopic (exact) mass is 403 g/mol. The minimum absolute atomic E-state index is 0.132. The van der Waals surface area contributed by atoms with E-state index in [0.717, 1.165) is 21.2 Å². The zero-order valence-corrected chi connectivity index (χ0v) is 16.4. The van der Waals surface area contributed by atoms with E-state index >= 15 is 0 Å². The van der Waals surface area contributed by atoms with Crippen LogP contribution in [0.3, 0.4) is 0 Å². The van der Waals surface area contributed by atoms with Crippen LogP contribution in [-0.4, -0.2) is 15.5 Å². The van der Waals surface area contributed by atoms with Crippen LogP contribution in [0.25, 0.3) is 0 Å². The fraction of sp³-hybridized carbons (Fsp3) is 0.100. The number of methoxy groups -OCH3 is 1. The Kier molecular flexibility index (Phi) is 5.72. The van der Waals surface area contributed by atoms with Crippen molar-refractivity contribution < 1.29 is 17.5 Å². The van der Waals surface area contributed by atoms with E-state index in [9.17, 15) is 12.8 Å². The number of anilines is 1. The molecule has 0 aliphatic carbocycles. The first-order valence-corrected chi connectivity index (χ1v) is 10.3. The van der Waals surface area contributed by atoms with Crippen molar-refractivity contribution in [2.24, 2.45) is 0 Å². The first-order chi connectivity index (χ1) is 12.9. The molecule has 0 spiro atoms. The Labute approximate surface area is 162 Å². The molecule has 0 amide bonds. The second-order valence-electron chi connectivity index (χ2n) is 5.76. The van der Waals surface area contributed by atoms with Crippen molar-refractivity contribution in [2.75, 3.05) is 10.8 Å². The molecule has 3 aromatic rings. The number of rotatable bonds is 6. The molecule has 3 aromatic carbocycles. The predicted molar refractivity (Wildman–Crippen MR) is 106 cm³/mol. The van der Waals surface area contributed by atoms with Crippen LogP contribution in [-0.2, 0) is 10.0 Å². The highest BCUT2D eigenvalue weighted by atomic mass is 32.3. The van der Waals surface area contributed by atoms with Crippen molar-refractivity contribution in [2.45, 2.75) is 16.7 Å². The van der Waals surface area contributed by atoms with E-state index in [-0.39, 0.29) is 9.79 Å². The van der Waals surface area contributed by atoms with E-state index in [0.29, 0.717) is 11.4 Å². The van der Waals surface area contributed by atoms with Gasteiger partial charge in [0.1, 0.15) is 11.6 Å². The number of hydrogen-bond donors (Lipinski definition) is 0. The van der Waals surface area contributed by atoms with E-state index in [4.69, 9.17) is 4.74 Å². The van der Waals surface area contributed by atoms with Gasteiger partial charge in [-0.3, -0.25) is 0 Å². The molecule has 3 rings (SSSR count). The molecule has 0 saturated carbocycles. The maximum atomic E-state index is 14.2. The summed E-state index contributed by atoms with van der Waals surface area (Å²) in [6.07, 6.45) is 0. The third-order valence-electron chi connectivity index (χ3n) is 3.84. The molecule has 0 heterocycles. The summed E-state index contributed by atoms with van der Waals surface area (Å²) in [6.45, 7) is 1.88. The van der Waals surface area contributed by atoms with Gasteiger partial charge in [-0.1, -0.05) is 29.8 Å². The van der Waals surface area contributed by atoms with E-state index in [1.54, 1.807) is 66.7 Å². The molecular weight excluding hydrogens is 385 g/mol. The summed E-state index contributed by atoms with van der Waals surface area (Å²) >= 11 is 0.817. The van der Waals surface area contributed by atoms with Gasteiger partial charge in [-0.2, -0.15) is 0 Å². The van der Waals surface area contributed by atoms with Crippen molar-refractivity contribution in [3.63, 3.8) is 0 Å². The van der Waals surface area contributed by atoms with Crippen molar-refractivity contribution in [3.8, 4) is 5.75 Å². The lowest BCUT2D eigenvalue weighted by molar-refractivity contribution is 0.415. The van der Waals surface area contributed by atoms with Gasteiger partial charge in [0.15, 0.2) is 0 Å². The number of aryl methyl sites for hydroxylation is 1. The molecule has 0 N–H and O–H groups in total. The normalized spacial score (nSPS) is 11.2. The molecule has 0 bridgehead atoms. The lowest BCUT2D eigenvalue weighted by atomic mass is 10.2. The van der Waals surface area contributed by atoms with E-state index in [2.05, 4.69) is 0 Å². The topological polar surface area (TPSA) is 46.6 Å². The number of nitrogens with zero attached hydrogens (tertiary/aromatic N) is 1. The van der Waals surface area contributed by atoms with Crippen molar-refractivity contribution in [1.82, 2.24) is 0 Å². The molecule has 0 saturated heterocycles. The van der Waals surface area contributed by atoms with E-state index in [1.165, 1.54) is 13.2 Å². The minimum Gasteiger partial charge on any atom is -0.497 e. The number of benzene rings is 3. The van der Waals surface area contributed by atoms with Crippen LogP contribution in [0.4, 0.5) is 10.1 Å². The molecule has 0 unspecified atom stereocenters. The van der Waals surface area contributed by atoms with Crippen LogP contribution in [0, 0.1) is 12.7 Å². The Morgan fingerprint density at radius 1 is 0.926 bits per heavy atom. The van der Waals surface area contributed by atoms with Gasteiger partial charge in [0.05, 0.1) is 22.6 Å². The van der Waals surface area contributed by atoms with Gasteiger partial charge in [-0.05, 0) is 55.5 Å². The average molecular weight is 404 g/mol. The highest BCUT2D eigenvalue weighted by molar-refractivity contribution is 8.14. The van der Waals surface area contributed by atoms with Crippen molar-refractivity contribution in [3.05, 3.63) is 84.2 Å². The first kappa shape index (κ1) is 19.3. The maximum absolute atomic E-state index is 14.2. The first-order valence-electron chi connectivity index (χ1n) is 8.10. The Morgan fingerprint density at radius 3 is 2.15 bits per heavy atom. The van der Waals surface area contributed by atoms with Crippen molar-refractivity contribution >= 4 is 27.7 Å². The molecule has 7 heteroatoms. The highest BCUT2D eigenvalue weighted by Gasteiger charge is 2.27. The molecule has 4 nitrogen and oxygen atoms in total. The molecule has 0 aliphatic heterocycles. The summed E-state index contributed by atoms with van der Waals surface area (Å²) in [6, 6.07) is 19.2. The SMILES string of the molecule is COc1ccc(N(Sc2ccccc2F)S(=O)(=O)c2ccc(C)cc2)cc1. The molecule has 0 radical (unpaired) electrons. The Balaban J connectivity index is 2.08. The third kappa shape index (κ3) is 4.26. The summed E-state index contributed by atoms with van der Waals surface area (Å²) in [5.41, 5.74) is 1.34. The Bertz CT molecular complexity index is 1020. The van der Waals surface area contributed by atoms with Crippen LogP contribution < -0.4 is 8.45 Å². The summed E-state index contributed by atoms with van der Waals surface area (Å²) in [7, 11) is -2.38. The highest BCUT2D eigenvalue weighted by Crippen LogP contribution is 2.36. The number of sulfonamides is 1. The number of hydrogen-bond acceptors (Lipinski definition) is 4. The van der Waals surface area contributed by atoms with Gasteiger partial charge in [0.2, 0.25) is 0 Å². The van der Waals surface area contributed by atoms with Gasteiger partial charge in [0.25, 0.3) is 10.0 Å². The molecule has 0 fully saturated rings. The number of halogens is 1. The van der Waals surface area contributed by atoms with Crippen LogP contribution >= 0.6 is 11.9 Å². The average Bonchev–Trinajstić information content (AvgIpc) is 2.68. The quantitative estimate of drug-likeness (QED) is 0.541. The van der Waals surface area contributed by atoms with E-state index < -0.39 is 15.8 Å². The maximum Gasteiger partial charge on any atom is 0.274 e. The molecular formula is C20H18FNO3S2. The van der Waals surface area contributed by atoms with Gasteiger partial charge in [-0.15, -0.1) is 0 Å². The van der Waals surface area contributed by atoms with Crippen LogP contribution in [0.5, 0.6) is 5.75 Å². The van der Waals surface area contributed by atoms with Crippen LogP contribution in [0.1, 0.15) is 5.56 Å². The zero-order chi connectivity index (χ0) is 19.4. The summed E-state index contributed by atoms with van der Waals surface area (Å²) in [5, 5.41) is 0. The Morgan fingerprint density at radius 2 is 1.56 bits per heavy atom. The smallest absolute Gasteiger partial charge is 0.274 e. The van der Waals surface area contributed by atoms with Crippen LogP contribution in [0.2, 0.25) is 0 Å². The molecule has 0 atom stereocenters. The fourth-order valence-electron chi connectivity index (χ4n) is 2.36. The van der Waals surface area contributed by atoms with Crippen LogP contribution in [0.15, 0.2) is 82.6 Å². The largest absolute Gasteiger partial charge is 0.497 e. The second-order valence-corrected chi connectivity index (χ2v) is 8.77. The standard InChI is InChI=1S/C20H18FNO3S2/c1-15-7-13-18(14-8-15)27(23,24)22(16-9-11-17(25-2)12-10-16)26-20-6-4-3-5-19(20)21/h3-14H,1-2H3. The minimum atomic E-state index is -3.92. The molecule has 27 heavy (non-hydrogen) atoms. The Hall–Kier alpha value is -2.51. The van der Waals surface area contributed by atoms with Gasteiger partial charge < -0.3 is 4.74 Å². The number of ether oxygens (including phenoxy) is 1. The summed E-state index contributed by atoms with van der Waals surface area (Å²) < 4.78 is 47.0. The third-order valence-corrected chi connectivity index (χ3v) is 7.07. The molecule has 140 valence electrons. The molecule has 0 aromatic heterocycles. The van der Waals surface area contributed by atoms with E-state index in [1.807, 2.05) is 6.92 Å². The summed E-state index contributed by atoms with van der Waals surface area (Å²) in [4.78, 5) is 0.344. The van der Waals surface area contributed by atoms with Gasteiger partial charge in [-0.25, -0.2) is 16.5 Å². The lowest BCUT2D eigenvalue weighted by Gasteiger charge is -2.23. The molecule has 0 aliphatic rings. The fourth-order valence-corrected chi connectivity index (χ4v) is 5.02. The van der Waals surface area contributed by atoms with Gasteiger partial charge >= 0.3 is 0 Å². The predicted octanol–water partition coefficient (Wildman–Crippen LogP) is 5.05. The lowest BCUT2D eigenvalue weighted by Crippen LogP contribution is -2.24. The zero-order valence-electron chi connectivity index (χ0n) is 14.8. The van der Waals surface area contributed by atoms with Crippen molar-refractivity contribution in [1.29, 1.82) is 0 Å².